The van der Waals surface area contributed by atoms with Crippen molar-refractivity contribution in [1.82, 2.24) is 15.1 Å². The van der Waals surface area contributed by atoms with Crippen molar-refractivity contribution >= 4 is 0 Å². The van der Waals surface area contributed by atoms with Crippen LogP contribution in [0.3, 0.4) is 0 Å². The molecule has 0 aliphatic heterocycles. The van der Waals surface area contributed by atoms with E-state index in [0.717, 1.165) is 17.7 Å². The van der Waals surface area contributed by atoms with Crippen molar-refractivity contribution in [2.75, 3.05) is 7.05 Å². The molecule has 3 nitrogen and oxygen atoms in total. The van der Waals surface area contributed by atoms with Crippen LogP contribution in [0.2, 0.25) is 0 Å². The fourth-order valence-electron chi connectivity index (χ4n) is 1.67. The van der Waals surface area contributed by atoms with Gasteiger partial charge in [-0.2, -0.15) is 18.3 Å². The zero-order valence-corrected chi connectivity index (χ0v) is 10.6. The quantitative estimate of drug-likeness (QED) is 0.927. The van der Waals surface area contributed by atoms with E-state index in [4.69, 9.17) is 0 Å². The van der Waals surface area contributed by atoms with Gasteiger partial charge in [0, 0.05) is 17.8 Å². The molecule has 0 amide bonds. The predicted octanol–water partition coefficient (Wildman–Crippen LogP) is 3.17. The van der Waals surface area contributed by atoms with Crippen molar-refractivity contribution in [3.8, 4) is 5.69 Å². The summed E-state index contributed by atoms with van der Waals surface area (Å²) in [5, 5.41) is 7.22. The summed E-state index contributed by atoms with van der Waals surface area (Å²) in [4.78, 5) is 0. The molecule has 1 atom stereocenters. The van der Waals surface area contributed by atoms with E-state index in [1.54, 1.807) is 17.1 Å². The highest BCUT2D eigenvalue weighted by Crippen LogP contribution is 2.29. The first-order valence-electron chi connectivity index (χ1n) is 5.81. The predicted molar refractivity (Wildman–Crippen MR) is 66.0 cm³/mol. The Morgan fingerprint density at radius 2 is 1.84 bits per heavy atom. The summed E-state index contributed by atoms with van der Waals surface area (Å²) in [5.74, 6) is 0. The molecule has 1 heterocycles. The maximum absolute atomic E-state index is 12.4. The van der Waals surface area contributed by atoms with Gasteiger partial charge in [-0.25, -0.2) is 4.68 Å². The Morgan fingerprint density at radius 1 is 1.21 bits per heavy atom. The lowest BCUT2D eigenvalue weighted by Crippen LogP contribution is -2.11. The fourth-order valence-corrected chi connectivity index (χ4v) is 1.67. The number of halogens is 3. The van der Waals surface area contributed by atoms with Crippen LogP contribution >= 0.6 is 0 Å². The van der Waals surface area contributed by atoms with Gasteiger partial charge >= 0.3 is 6.18 Å². The van der Waals surface area contributed by atoms with Crippen LogP contribution in [0.1, 0.15) is 24.1 Å². The van der Waals surface area contributed by atoms with Crippen molar-refractivity contribution in [3.05, 3.63) is 47.8 Å². The Kier molecular flexibility index (Phi) is 3.61. The highest BCUT2D eigenvalue weighted by molar-refractivity contribution is 5.35. The average molecular weight is 269 g/mol. The van der Waals surface area contributed by atoms with Crippen LogP contribution < -0.4 is 5.32 Å². The second-order valence-electron chi connectivity index (χ2n) is 4.27. The molecule has 0 saturated carbocycles. The van der Waals surface area contributed by atoms with E-state index < -0.39 is 11.7 Å². The molecule has 0 aliphatic carbocycles. The van der Waals surface area contributed by atoms with E-state index in [0.29, 0.717) is 5.69 Å². The maximum Gasteiger partial charge on any atom is 0.416 e. The second-order valence-corrected chi connectivity index (χ2v) is 4.27. The third-order valence-corrected chi connectivity index (χ3v) is 2.99. The number of nitrogens with zero attached hydrogens (tertiary/aromatic N) is 2. The minimum Gasteiger partial charge on any atom is -0.313 e. The van der Waals surface area contributed by atoms with Gasteiger partial charge in [-0.15, -0.1) is 0 Å². The van der Waals surface area contributed by atoms with Gasteiger partial charge in [0.15, 0.2) is 0 Å². The maximum atomic E-state index is 12.4. The van der Waals surface area contributed by atoms with Gasteiger partial charge in [-0.1, -0.05) is 0 Å². The highest BCUT2D eigenvalue weighted by Gasteiger charge is 2.30. The largest absolute Gasteiger partial charge is 0.416 e. The van der Waals surface area contributed by atoms with E-state index in [9.17, 15) is 13.2 Å². The van der Waals surface area contributed by atoms with Crippen molar-refractivity contribution in [3.63, 3.8) is 0 Å². The smallest absolute Gasteiger partial charge is 0.313 e. The van der Waals surface area contributed by atoms with Crippen LogP contribution in [0.5, 0.6) is 0 Å². The van der Waals surface area contributed by atoms with Gasteiger partial charge in [0.1, 0.15) is 0 Å². The number of benzene rings is 1. The number of aromatic nitrogens is 2. The minimum atomic E-state index is -4.31. The number of hydrogen-bond donors (Lipinski definition) is 1. The summed E-state index contributed by atoms with van der Waals surface area (Å²) in [6.07, 6.45) is -0.822. The molecule has 1 N–H and O–H groups in total. The molecule has 0 saturated heterocycles. The Hall–Kier alpha value is -1.82. The number of hydrogen-bond acceptors (Lipinski definition) is 2. The molecule has 1 unspecified atom stereocenters. The minimum absolute atomic E-state index is 0.142. The lowest BCUT2D eigenvalue weighted by atomic mass is 10.2. The standard InChI is InChI=1S/C13H14F3N3/c1-9(17-2)10-7-18-19(8-10)12-5-3-11(4-6-12)13(14,15)16/h3-9,17H,1-2H3. The summed E-state index contributed by atoms with van der Waals surface area (Å²) in [5.41, 5.74) is 0.914. The normalized spacial score (nSPS) is 13.5. The molecular formula is C13H14F3N3. The second kappa shape index (κ2) is 5.05. The topological polar surface area (TPSA) is 29.9 Å². The zero-order chi connectivity index (χ0) is 14.0. The van der Waals surface area contributed by atoms with Crippen molar-refractivity contribution < 1.29 is 13.2 Å². The monoisotopic (exact) mass is 269 g/mol. The van der Waals surface area contributed by atoms with Crippen molar-refractivity contribution in [2.45, 2.75) is 19.1 Å². The van der Waals surface area contributed by atoms with Crippen molar-refractivity contribution in [2.24, 2.45) is 0 Å². The molecule has 2 aromatic rings. The van der Waals surface area contributed by atoms with Crippen LogP contribution in [-0.4, -0.2) is 16.8 Å². The van der Waals surface area contributed by atoms with Gasteiger partial charge < -0.3 is 5.32 Å². The van der Waals surface area contributed by atoms with Gasteiger partial charge in [-0.05, 0) is 38.2 Å². The number of alkyl halides is 3. The first-order valence-corrected chi connectivity index (χ1v) is 5.81. The summed E-state index contributed by atoms with van der Waals surface area (Å²) in [6, 6.07) is 5.06. The van der Waals surface area contributed by atoms with Crippen LogP contribution in [0.25, 0.3) is 5.69 Å². The molecule has 2 rings (SSSR count). The molecule has 0 bridgehead atoms. The number of rotatable bonds is 3. The van der Waals surface area contributed by atoms with E-state index in [1.807, 2.05) is 14.0 Å². The molecule has 19 heavy (non-hydrogen) atoms. The van der Waals surface area contributed by atoms with Gasteiger partial charge in [0.25, 0.3) is 0 Å². The SMILES string of the molecule is CNC(C)c1cnn(-c2ccc(C(F)(F)F)cc2)c1. The molecule has 1 aromatic heterocycles. The molecular weight excluding hydrogens is 255 g/mol. The van der Waals surface area contributed by atoms with E-state index in [1.165, 1.54) is 12.1 Å². The third-order valence-electron chi connectivity index (χ3n) is 2.99. The van der Waals surface area contributed by atoms with E-state index in [-0.39, 0.29) is 6.04 Å². The summed E-state index contributed by atoms with van der Waals surface area (Å²) in [7, 11) is 1.83. The Bertz CT molecular complexity index is 543. The Morgan fingerprint density at radius 3 is 2.37 bits per heavy atom. The summed E-state index contributed by atoms with van der Waals surface area (Å²) in [6.45, 7) is 1.98. The Labute approximate surface area is 109 Å². The van der Waals surface area contributed by atoms with Crippen LogP contribution in [-0.2, 0) is 6.18 Å². The Balaban J connectivity index is 2.25. The van der Waals surface area contributed by atoms with Gasteiger partial charge in [0.05, 0.1) is 17.4 Å². The van der Waals surface area contributed by atoms with Crippen LogP contribution in [0, 0.1) is 0 Å². The third kappa shape index (κ3) is 2.96. The highest BCUT2D eigenvalue weighted by atomic mass is 19.4. The van der Waals surface area contributed by atoms with Gasteiger partial charge in [0.2, 0.25) is 0 Å². The zero-order valence-electron chi connectivity index (χ0n) is 10.6. The van der Waals surface area contributed by atoms with Crippen LogP contribution in [0.4, 0.5) is 13.2 Å². The molecule has 1 aromatic carbocycles. The molecule has 102 valence electrons. The first-order chi connectivity index (χ1) is 8.91. The molecule has 0 fully saturated rings. The molecule has 0 aliphatic rings. The lowest BCUT2D eigenvalue weighted by Gasteiger charge is -2.08. The van der Waals surface area contributed by atoms with Crippen molar-refractivity contribution in [1.29, 1.82) is 0 Å². The number of nitrogens with one attached hydrogen (secondary N) is 1. The molecule has 6 heteroatoms. The lowest BCUT2D eigenvalue weighted by molar-refractivity contribution is -0.137. The summed E-state index contributed by atoms with van der Waals surface area (Å²) >= 11 is 0. The van der Waals surface area contributed by atoms with E-state index in [2.05, 4.69) is 10.4 Å². The molecule has 0 spiro atoms. The van der Waals surface area contributed by atoms with Gasteiger partial charge in [-0.3, -0.25) is 0 Å². The first kappa shape index (κ1) is 13.6. The summed E-state index contributed by atoms with van der Waals surface area (Å²) < 4.78 is 38.9. The molecule has 0 radical (unpaired) electrons. The average Bonchev–Trinajstić information content (AvgIpc) is 2.86. The van der Waals surface area contributed by atoms with E-state index >= 15 is 0 Å². The van der Waals surface area contributed by atoms with Crippen LogP contribution in [0.15, 0.2) is 36.7 Å². The fraction of sp³-hybridized carbons (Fsp3) is 0.308.